The Hall–Kier alpha value is -1.62. The summed E-state index contributed by atoms with van der Waals surface area (Å²) >= 11 is 0. The van der Waals surface area contributed by atoms with Crippen LogP contribution in [0.2, 0.25) is 0 Å². The van der Waals surface area contributed by atoms with Crippen LogP contribution < -0.4 is 10.1 Å². The summed E-state index contributed by atoms with van der Waals surface area (Å²) in [6, 6.07) is 4.58. The fourth-order valence-corrected chi connectivity index (χ4v) is 2.53. The Kier molecular flexibility index (Phi) is 4.39. The van der Waals surface area contributed by atoms with E-state index in [1.54, 1.807) is 12.1 Å². The highest BCUT2D eigenvalue weighted by Gasteiger charge is 2.23. The van der Waals surface area contributed by atoms with Crippen LogP contribution >= 0.6 is 0 Å². The molecule has 0 bridgehead atoms. The van der Waals surface area contributed by atoms with Gasteiger partial charge in [0.05, 0.1) is 18.6 Å². The highest BCUT2D eigenvalue weighted by molar-refractivity contribution is 5.92. The molecule has 21 heavy (non-hydrogen) atoms. The molecule has 1 heterocycles. The van der Waals surface area contributed by atoms with E-state index in [-0.39, 0.29) is 23.7 Å². The molecular formula is C16H20FNO3. The van der Waals surface area contributed by atoms with Crippen LogP contribution in [0.3, 0.4) is 0 Å². The first kappa shape index (κ1) is 14.3. The van der Waals surface area contributed by atoms with E-state index in [4.69, 9.17) is 9.47 Å². The summed E-state index contributed by atoms with van der Waals surface area (Å²) in [7, 11) is 0. The second-order valence-electron chi connectivity index (χ2n) is 5.72. The van der Waals surface area contributed by atoms with Gasteiger partial charge in [-0.3, -0.25) is 4.79 Å². The number of rotatable bonds is 4. The number of carbonyl (C=O) groups is 1. The van der Waals surface area contributed by atoms with Gasteiger partial charge in [-0.05, 0) is 44.2 Å². The molecule has 2 aliphatic rings. The molecule has 1 saturated heterocycles. The van der Waals surface area contributed by atoms with Crippen molar-refractivity contribution < 1.29 is 18.7 Å². The van der Waals surface area contributed by atoms with Crippen LogP contribution in [0.15, 0.2) is 18.2 Å². The van der Waals surface area contributed by atoms with Gasteiger partial charge < -0.3 is 14.8 Å². The van der Waals surface area contributed by atoms with Crippen LogP contribution in [-0.4, -0.2) is 25.2 Å². The third-order valence-electron chi connectivity index (χ3n) is 4.08. The maximum absolute atomic E-state index is 14.0. The molecule has 0 unspecified atom stereocenters. The van der Waals surface area contributed by atoms with Crippen LogP contribution in [0.25, 0.3) is 0 Å². The van der Waals surface area contributed by atoms with Gasteiger partial charge in [0.2, 0.25) is 5.91 Å². The lowest BCUT2D eigenvalue weighted by Crippen LogP contribution is -2.30. The van der Waals surface area contributed by atoms with Gasteiger partial charge in [-0.25, -0.2) is 4.39 Å². The van der Waals surface area contributed by atoms with E-state index < -0.39 is 5.82 Å². The van der Waals surface area contributed by atoms with Crippen LogP contribution in [0.1, 0.15) is 32.1 Å². The van der Waals surface area contributed by atoms with Crippen molar-refractivity contribution in [1.82, 2.24) is 0 Å². The van der Waals surface area contributed by atoms with Gasteiger partial charge in [0.25, 0.3) is 0 Å². The largest absolute Gasteiger partial charge is 0.487 e. The lowest BCUT2D eigenvalue weighted by Gasteiger charge is -2.26. The fourth-order valence-electron chi connectivity index (χ4n) is 2.53. The summed E-state index contributed by atoms with van der Waals surface area (Å²) in [5.74, 6) is -0.423. The Morgan fingerprint density at radius 2 is 2.14 bits per heavy atom. The van der Waals surface area contributed by atoms with Gasteiger partial charge in [0.15, 0.2) is 11.6 Å². The lowest BCUT2D eigenvalue weighted by molar-refractivity contribution is -0.123. The van der Waals surface area contributed by atoms with E-state index in [0.717, 1.165) is 32.1 Å². The SMILES string of the molecule is O=C(Nc1ccc(OC2CCC2)c(F)c1)[C@@H]1CCCOC1. The van der Waals surface area contributed by atoms with Gasteiger partial charge in [-0.15, -0.1) is 0 Å². The number of amides is 1. The number of benzene rings is 1. The molecule has 1 amide bonds. The molecule has 5 heteroatoms. The summed E-state index contributed by atoms with van der Waals surface area (Å²) in [5, 5.41) is 2.75. The highest BCUT2D eigenvalue weighted by atomic mass is 19.1. The Balaban J connectivity index is 1.59. The van der Waals surface area contributed by atoms with E-state index in [2.05, 4.69) is 5.32 Å². The molecule has 2 fully saturated rings. The van der Waals surface area contributed by atoms with Gasteiger partial charge in [-0.1, -0.05) is 0 Å². The van der Waals surface area contributed by atoms with Gasteiger partial charge >= 0.3 is 0 Å². The Labute approximate surface area is 123 Å². The first-order chi connectivity index (χ1) is 10.2. The predicted octanol–water partition coefficient (Wildman–Crippen LogP) is 3.12. The minimum Gasteiger partial charge on any atom is -0.487 e. The zero-order chi connectivity index (χ0) is 14.7. The Bertz CT molecular complexity index is 510. The molecule has 3 rings (SSSR count). The maximum Gasteiger partial charge on any atom is 0.229 e. The van der Waals surface area contributed by atoms with Crippen molar-refractivity contribution in [2.75, 3.05) is 18.5 Å². The molecule has 0 aromatic heterocycles. The van der Waals surface area contributed by atoms with Crippen LogP contribution in [0, 0.1) is 11.7 Å². The summed E-state index contributed by atoms with van der Waals surface area (Å²) in [5.41, 5.74) is 0.462. The molecule has 4 nitrogen and oxygen atoms in total. The molecule has 1 aliphatic carbocycles. The van der Waals surface area contributed by atoms with Crippen molar-refractivity contribution in [3.05, 3.63) is 24.0 Å². The number of nitrogens with one attached hydrogen (secondary N) is 1. The molecule has 1 saturated carbocycles. The third-order valence-corrected chi connectivity index (χ3v) is 4.08. The highest BCUT2D eigenvalue weighted by Crippen LogP contribution is 2.28. The average molecular weight is 293 g/mol. The van der Waals surface area contributed by atoms with Crippen LogP contribution in [-0.2, 0) is 9.53 Å². The number of carbonyl (C=O) groups excluding carboxylic acids is 1. The summed E-state index contributed by atoms with van der Waals surface area (Å²) in [6.07, 6.45) is 4.96. The molecule has 1 atom stereocenters. The number of hydrogen-bond acceptors (Lipinski definition) is 3. The Morgan fingerprint density at radius 1 is 1.29 bits per heavy atom. The molecule has 1 aromatic rings. The number of anilines is 1. The molecular weight excluding hydrogens is 273 g/mol. The first-order valence-corrected chi connectivity index (χ1v) is 7.57. The minimum atomic E-state index is -0.431. The van der Waals surface area contributed by atoms with Crippen LogP contribution in [0.5, 0.6) is 5.75 Å². The zero-order valence-electron chi connectivity index (χ0n) is 11.9. The summed E-state index contributed by atoms with van der Waals surface area (Å²) in [4.78, 5) is 12.1. The Morgan fingerprint density at radius 3 is 2.76 bits per heavy atom. The molecule has 1 aliphatic heterocycles. The molecule has 1 aromatic carbocycles. The average Bonchev–Trinajstić information content (AvgIpc) is 2.45. The number of halogens is 1. The van der Waals surface area contributed by atoms with Crippen molar-refractivity contribution in [2.24, 2.45) is 5.92 Å². The van der Waals surface area contributed by atoms with E-state index in [1.807, 2.05) is 0 Å². The first-order valence-electron chi connectivity index (χ1n) is 7.57. The van der Waals surface area contributed by atoms with Gasteiger partial charge in [0, 0.05) is 18.4 Å². The molecule has 0 spiro atoms. The maximum atomic E-state index is 14.0. The molecule has 0 radical (unpaired) electrons. The van der Waals surface area contributed by atoms with Crippen molar-refractivity contribution in [1.29, 1.82) is 0 Å². The smallest absolute Gasteiger partial charge is 0.229 e. The van der Waals surface area contributed by atoms with Crippen molar-refractivity contribution >= 4 is 11.6 Å². The van der Waals surface area contributed by atoms with E-state index in [0.29, 0.717) is 18.9 Å². The second-order valence-corrected chi connectivity index (χ2v) is 5.72. The second kappa shape index (κ2) is 6.43. The quantitative estimate of drug-likeness (QED) is 0.928. The summed E-state index contributed by atoms with van der Waals surface area (Å²) in [6.45, 7) is 1.16. The van der Waals surface area contributed by atoms with Crippen molar-refractivity contribution in [3.8, 4) is 5.75 Å². The topological polar surface area (TPSA) is 47.6 Å². The van der Waals surface area contributed by atoms with E-state index in [9.17, 15) is 9.18 Å². The minimum absolute atomic E-state index is 0.109. The van der Waals surface area contributed by atoms with Crippen molar-refractivity contribution in [2.45, 2.75) is 38.2 Å². The normalized spacial score (nSPS) is 22.4. The van der Waals surface area contributed by atoms with Gasteiger partial charge in [0.1, 0.15) is 0 Å². The van der Waals surface area contributed by atoms with Crippen molar-refractivity contribution in [3.63, 3.8) is 0 Å². The van der Waals surface area contributed by atoms with E-state index >= 15 is 0 Å². The van der Waals surface area contributed by atoms with Gasteiger partial charge in [-0.2, -0.15) is 0 Å². The fraction of sp³-hybridized carbons (Fsp3) is 0.562. The number of ether oxygens (including phenoxy) is 2. The van der Waals surface area contributed by atoms with Crippen LogP contribution in [0.4, 0.5) is 10.1 Å². The molecule has 114 valence electrons. The lowest BCUT2D eigenvalue weighted by atomic mass is 9.96. The predicted molar refractivity (Wildman–Crippen MR) is 76.8 cm³/mol. The molecule has 1 N–H and O–H groups in total. The monoisotopic (exact) mass is 293 g/mol. The van der Waals surface area contributed by atoms with E-state index in [1.165, 1.54) is 6.07 Å². The number of hydrogen-bond donors (Lipinski definition) is 1. The third kappa shape index (κ3) is 3.53. The standard InChI is InChI=1S/C16H20FNO3/c17-14-9-12(6-7-15(14)21-13-4-1-5-13)18-16(19)11-3-2-8-20-10-11/h6-7,9,11,13H,1-5,8,10H2,(H,18,19)/t11-/m1/s1. The zero-order valence-corrected chi connectivity index (χ0v) is 11.9. The summed E-state index contributed by atoms with van der Waals surface area (Å²) < 4.78 is 24.8.